The summed E-state index contributed by atoms with van der Waals surface area (Å²) in [5, 5.41) is 9.99. The van der Waals surface area contributed by atoms with Crippen LogP contribution in [0.4, 0.5) is 5.82 Å². The molecule has 9 nitrogen and oxygen atoms in total. The van der Waals surface area contributed by atoms with Gasteiger partial charge in [0.05, 0.1) is 22.8 Å². The predicted octanol–water partition coefficient (Wildman–Crippen LogP) is 4.37. The fourth-order valence-electron chi connectivity index (χ4n) is 3.48. The second kappa shape index (κ2) is 7.63. The molecule has 0 aliphatic heterocycles. The Balaban J connectivity index is 1.54. The molecule has 1 aromatic carbocycles. The fraction of sp³-hybridized carbons (Fsp3) is 0.381. The highest BCUT2D eigenvalue weighted by molar-refractivity contribution is 7.93. The van der Waals surface area contributed by atoms with E-state index in [9.17, 15) is 8.42 Å². The fourth-order valence-corrected chi connectivity index (χ4v) is 5.04. The van der Waals surface area contributed by atoms with Crippen molar-refractivity contribution in [2.75, 3.05) is 11.3 Å². The number of nitrogens with one attached hydrogen (secondary N) is 1. The van der Waals surface area contributed by atoms with Gasteiger partial charge in [-0.15, -0.1) is 0 Å². The number of halogens is 1. The molecule has 1 aliphatic carbocycles. The Hall–Kier alpha value is -2.85. The molecule has 32 heavy (non-hydrogen) atoms. The number of fused-ring (bicyclic) bond motifs is 2. The monoisotopic (exact) mass is 475 g/mol. The highest BCUT2D eigenvalue weighted by atomic mass is 35.5. The molecule has 0 spiro atoms. The van der Waals surface area contributed by atoms with Gasteiger partial charge in [-0.1, -0.05) is 30.6 Å². The maximum atomic E-state index is 12.3. The van der Waals surface area contributed by atoms with Crippen LogP contribution in [0.3, 0.4) is 0 Å². The molecule has 1 aliphatic rings. The third-order valence-corrected chi connectivity index (χ3v) is 7.38. The third kappa shape index (κ3) is 3.77. The molecule has 3 aromatic heterocycles. The lowest BCUT2D eigenvalue weighted by atomic mass is 10.1. The zero-order valence-corrected chi connectivity index (χ0v) is 19.4. The molecule has 0 atom stereocenters. The van der Waals surface area contributed by atoms with Crippen molar-refractivity contribution in [1.82, 2.24) is 19.9 Å². The zero-order chi connectivity index (χ0) is 22.6. The summed E-state index contributed by atoms with van der Waals surface area (Å²) in [5.74, 6) is 0.928. The number of ether oxygens (including phenoxy) is 1. The van der Waals surface area contributed by atoms with Crippen LogP contribution < -0.4 is 9.46 Å². The Labute approximate surface area is 189 Å². The first-order chi connectivity index (χ1) is 15.2. The summed E-state index contributed by atoms with van der Waals surface area (Å²) in [7, 11) is -1.64. The molecule has 5 rings (SSSR count). The number of aryl methyl sites for hydroxylation is 1. The molecule has 3 heterocycles. The maximum absolute atomic E-state index is 12.3. The molecule has 0 amide bonds. The van der Waals surface area contributed by atoms with Crippen LogP contribution in [0, 0.1) is 5.92 Å². The summed E-state index contributed by atoms with van der Waals surface area (Å²) in [6.45, 7) is 4.62. The highest BCUT2D eigenvalue weighted by Crippen LogP contribution is 2.37. The molecule has 4 aromatic rings. The van der Waals surface area contributed by atoms with Gasteiger partial charge < -0.3 is 9.26 Å². The van der Waals surface area contributed by atoms with Crippen molar-refractivity contribution in [2.45, 2.75) is 31.9 Å². The number of hydrogen-bond acceptors (Lipinski definition) is 7. The molecule has 0 saturated heterocycles. The lowest BCUT2D eigenvalue weighted by Crippen LogP contribution is -2.17. The van der Waals surface area contributed by atoms with E-state index in [0.717, 1.165) is 16.5 Å². The highest BCUT2D eigenvalue weighted by Gasteiger charge is 2.36. The number of hydrogen-bond donors (Lipinski definition) is 1. The Bertz CT molecular complexity index is 1440. The van der Waals surface area contributed by atoms with Gasteiger partial charge >= 0.3 is 0 Å². The summed E-state index contributed by atoms with van der Waals surface area (Å²) in [6.07, 6.45) is 3.00. The molecule has 168 valence electrons. The molecule has 0 bridgehead atoms. The van der Waals surface area contributed by atoms with Gasteiger partial charge in [0.2, 0.25) is 15.9 Å². The lowest BCUT2D eigenvalue weighted by molar-refractivity contribution is 0.261. The minimum Gasteiger partial charge on any atom is -0.476 e. The van der Waals surface area contributed by atoms with Crippen molar-refractivity contribution in [3.8, 4) is 17.1 Å². The summed E-state index contributed by atoms with van der Waals surface area (Å²) >= 11 is 6.40. The molecule has 1 fully saturated rings. The average molecular weight is 476 g/mol. The molecule has 0 radical (unpaired) electrons. The van der Waals surface area contributed by atoms with Crippen LogP contribution in [0.15, 0.2) is 28.9 Å². The van der Waals surface area contributed by atoms with Crippen LogP contribution in [0.1, 0.15) is 26.7 Å². The second-order valence-corrected chi connectivity index (χ2v) is 10.8. The van der Waals surface area contributed by atoms with Crippen LogP contribution in [0.5, 0.6) is 5.88 Å². The first-order valence-electron chi connectivity index (χ1n) is 10.3. The van der Waals surface area contributed by atoms with Gasteiger partial charge in [-0.05, 0) is 37.0 Å². The van der Waals surface area contributed by atoms with E-state index < -0.39 is 10.0 Å². The Morgan fingerprint density at radius 2 is 2.06 bits per heavy atom. The molecular weight excluding hydrogens is 454 g/mol. The summed E-state index contributed by atoms with van der Waals surface area (Å²) < 4.78 is 40.0. The zero-order valence-electron chi connectivity index (χ0n) is 17.8. The molecule has 1 N–H and O–H groups in total. The van der Waals surface area contributed by atoms with Gasteiger partial charge in [-0.25, -0.2) is 13.4 Å². The quantitative estimate of drug-likeness (QED) is 0.422. The first-order valence-corrected chi connectivity index (χ1v) is 12.2. The minimum atomic E-state index is -3.45. The number of nitrogens with zero attached hydrogens (tertiary/aromatic N) is 4. The largest absolute Gasteiger partial charge is 0.476 e. The Morgan fingerprint density at radius 3 is 2.75 bits per heavy atom. The number of rotatable bonds is 7. The van der Waals surface area contributed by atoms with E-state index in [1.165, 1.54) is 0 Å². The number of aromatic nitrogens is 4. The average Bonchev–Trinajstić information content (AvgIpc) is 3.48. The van der Waals surface area contributed by atoms with Gasteiger partial charge in [-0.3, -0.25) is 9.40 Å². The molecule has 0 unspecified atom stereocenters. The van der Waals surface area contributed by atoms with Crippen molar-refractivity contribution >= 4 is 49.3 Å². The van der Waals surface area contributed by atoms with Crippen LogP contribution in [-0.4, -0.2) is 40.2 Å². The van der Waals surface area contributed by atoms with E-state index >= 15 is 0 Å². The van der Waals surface area contributed by atoms with Gasteiger partial charge in [-0.2, -0.15) is 5.10 Å². The number of benzene rings is 1. The molecular formula is C21H22ClN5O4S. The van der Waals surface area contributed by atoms with Crippen molar-refractivity contribution in [3.63, 3.8) is 0 Å². The van der Waals surface area contributed by atoms with Crippen LogP contribution in [-0.2, 0) is 17.1 Å². The number of pyridine rings is 1. The van der Waals surface area contributed by atoms with E-state index in [4.69, 9.17) is 20.9 Å². The molecule has 1 saturated carbocycles. The smallest absolute Gasteiger partial charge is 0.236 e. The van der Waals surface area contributed by atoms with E-state index in [1.54, 1.807) is 23.0 Å². The van der Waals surface area contributed by atoms with Crippen molar-refractivity contribution < 1.29 is 17.7 Å². The van der Waals surface area contributed by atoms with Gasteiger partial charge in [0, 0.05) is 24.2 Å². The van der Waals surface area contributed by atoms with E-state index in [1.807, 2.05) is 13.1 Å². The van der Waals surface area contributed by atoms with Gasteiger partial charge in [0.15, 0.2) is 11.4 Å². The van der Waals surface area contributed by atoms with Crippen molar-refractivity contribution in [2.24, 2.45) is 13.0 Å². The van der Waals surface area contributed by atoms with Crippen LogP contribution in [0.25, 0.3) is 33.1 Å². The van der Waals surface area contributed by atoms with Gasteiger partial charge in [0.25, 0.3) is 0 Å². The molecule has 11 heteroatoms. The first kappa shape index (κ1) is 21.0. The van der Waals surface area contributed by atoms with E-state index in [-0.39, 0.29) is 11.1 Å². The Kier molecular flexibility index (Phi) is 5.01. The summed E-state index contributed by atoms with van der Waals surface area (Å²) in [5.41, 5.74) is 2.65. The minimum absolute atomic E-state index is 0.188. The summed E-state index contributed by atoms with van der Waals surface area (Å²) in [6, 6.07) is 5.38. The van der Waals surface area contributed by atoms with Crippen molar-refractivity contribution in [1.29, 1.82) is 0 Å². The predicted molar refractivity (Wildman–Crippen MR) is 122 cm³/mol. The van der Waals surface area contributed by atoms with E-state index in [0.29, 0.717) is 52.9 Å². The number of sulfonamides is 1. The van der Waals surface area contributed by atoms with Crippen LogP contribution >= 0.6 is 11.6 Å². The van der Waals surface area contributed by atoms with Gasteiger partial charge in [0.1, 0.15) is 10.7 Å². The lowest BCUT2D eigenvalue weighted by Gasteiger charge is -2.09. The normalized spacial score (nSPS) is 14.5. The SMILES string of the molecule is CC(C)COc1ncc(-c2nn(C)c3cc4c(NS(=O)(=O)C5CC5)noc4cc23)cc1Cl. The summed E-state index contributed by atoms with van der Waals surface area (Å²) in [4.78, 5) is 4.36. The third-order valence-electron chi connectivity index (χ3n) is 5.28. The van der Waals surface area contributed by atoms with E-state index in [2.05, 4.69) is 33.8 Å². The second-order valence-electron chi connectivity index (χ2n) is 8.43. The standard InChI is InChI=1S/C21H22ClN5O4S/c1-11(2)10-30-21-16(22)6-12(9-23-21)19-14-8-18-15(7-17(14)27(3)24-19)20(25-31-18)26-32(28,29)13-4-5-13/h6-9,11,13H,4-5,10H2,1-3H3,(H,25,26). The maximum Gasteiger partial charge on any atom is 0.236 e. The Morgan fingerprint density at radius 1 is 1.28 bits per heavy atom. The number of anilines is 1. The van der Waals surface area contributed by atoms with Crippen LogP contribution in [0.2, 0.25) is 5.02 Å². The topological polar surface area (TPSA) is 112 Å². The van der Waals surface area contributed by atoms with Crippen molar-refractivity contribution in [3.05, 3.63) is 29.4 Å².